The van der Waals surface area contributed by atoms with E-state index in [1.807, 2.05) is 24.3 Å². The predicted octanol–water partition coefficient (Wildman–Crippen LogP) is 5.43. The molecule has 0 aliphatic carbocycles. The van der Waals surface area contributed by atoms with Gasteiger partial charge in [-0.2, -0.15) is 0 Å². The van der Waals surface area contributed by atoms with Crippen molar-refractivity contribution in [1.29, 1.82) is 0 Å². The van der Waals surface area contributed by atoms with E-state index in [9.17, 15) is 4.79 Å². The summed E-state index contributed by atoms with van der Waals surface area (Å²) < 4.78 is 0. The number of aryl methyl sites for hydroxylation is 1. The lowest BCUT2D eigenvalue weighted by Crippen LogP contribution is -1.94. The molecule has 0 bridgehead atoms. The summed E-state index contributed by atoms with van der Waals surface area (Å²) in [5.74, 6) is 5.33. The minimum atomic E-state index is -0.923. The first-order valence-electron chi connectivity index (χ1n) is 8.31. The van der Waals surface area contributed by atoms with Crippen LogP contribution in [0.3, 0.4) is 0 Å². The fourth-order valence-electron chi connectivity index (χ4n) is 2.57. The maximum absolute atomic E-state index is 10.9. The molecule has 0 amide bonds. The number of carboxylic acid groups (broad SMARTS) is 1. The molecule has 3 aromatic rings. The summed E-state index contributed by atoms with van der Waals surface area (Å²) in [7, 11) is 0. The molecule has 0 aliphatic rings. The topological polar surface area (TPSA) is 37.3 Å². The second-order valence-corrected chi connectivity index (χ2v) is 5.94. The molecule has 3 aromatic carbocycles. The lowest BCUT2D eigenvalue weighted by Gasteiger charge is -2.05. The van der Waals surface area contributed by atoms with Crippen LogP contribution in [-0.2, 0) is 0 Å². The lowest BCUT2D eigenvalue weighted by molar-refractivity contribution is 0.0697. The van der Waals surface area contributed by atoms with E-state index in [4.69, 9.17) is 5.11 Å². The molecule has 2 heteroatoms. The molecule has 1 N–H and O–H groups in total. The molecule has 3 rings (SSSR count). The number of hydrogen-bond acceptors (Lipinski definition) is 1. The van der Waals surface area contributed by atoms with E-state index in [0.717, 1.165) is 22.3 Å². The van der Waals surface area contributed by atoms with Crippen molar-refractivity contribution in [2.75, 3.05) is 0 Å². The Morgan fingerprint density at radius 1 is 0.923 bits per heavy atom. The average Bonchev–Trinajstić information content (AvgIpc) is 2.67. The molecule has 26 heavy (non-hydrogen) atoms. The van der Waals surface area contributed by atoms with Crippen LogP contribution in [0.5, 0.6) is 0 Å². The minimum Gasteiger partial charge on any atom is -0.478 e. The SMILES string of the molecule is Cc1ccc(-c2ccccc2C#C/C=C/c2ccc(C(=O)O)cc2)cc1. The van der Waals surface area contributed by atoms with Gasteiger partial charge in [-0.3, -0.25) is 0 Å². The van der Waals surface area contributed by atoms with Crippen LogP contribution in [-0.4, -0.2) is 11.1 Å². The summed E-state index contributed by atoms with van der Waals surface area (Å²) in [5.41, 5.74) is 5.65. The first-order chi connectivity index (χ1) is 12.6. The third kappa shape index (κ3) is 4.28. The molecular weight excluding hydrogens is 320 g/mol. The monoisotopic (exact) mass is 338 g/mol. The molecular formula is C24H18O2. The van der Waals surface area contributed by atoms with E-state index >= 15 is 0 Å². The van der Waals surface area contributed by atoms with Crippen molar-refractivity contribution in [1.82, 2.24) is 0 Å². The van der Waals surface area contributed by atoms with Gasteiger partial charge >= 0.3 is 5.97 Å². The molecule has 0 heterocycles. The zero-order chi connectivity index (χ0) is 18.4. The summed E-state index contributed by atoms with van der Waals surface area (Å²) >= 11 is 0. The third-order valence-electron chi connectivity index (χ3n) is 4.01. The van der Waals surface area contributed by atoms with Gasteiger partial charge in [0.2, 0.25) is 0 Å². The first-order valence-corrected chi connectivity index (χ1v) is 8.31. The van der Waals surface area contributed by atoms with Gasteiger partial charge in [0.15, 0.2) is 0 Å². The highest BCUT2D eigenvalue weighted by atomic mass is 16.4. The van der Waals surface area contributed by atoms with Crippen molar-refractivity contribution in [3.05, 3.63) is 101 Å². The van der Waals surface area contributed by atoms with Gasteiger partial charge in [-0.1, -0.05) is 72.0 Å². The number of rotatable bonds is 3. The number of benzene rings is 3. The highest BCUT2D eigenvalue weighted by Gasteiger charge is 2.02. The Bertz CT molecular complexity index is 999. The maximum atomic E-state index is 10.9. The smallest absolute Gasteiger partial charge is 0.335 e. The molecule has 2 nitrogen and oxygen atoms in total. The molecule has 0 aliphatic heterocycles. The second kappa shape index (κ2) is 8.00. The predicted molar refractivity (Wildman–Crippen MR) is 106 cm³/mol. The molecule has 0 aromatic heterocycles. The molecule has 0 spiro atoms. The molecule has 0 atom stereocenters. The summed E-state index contributed by atoms with van der Waals surface area (Å²) in [4.78, 5) is 10.9. The fourth-order valence-corrected chi connectivity index (χ4v) is 2.57. The van der Waals surface area contributed by atoms with Crippen LogP contribution in [0, 0.1) is 18.8 Å². The minimum absolute atomic E-state index is 0.278. The molecule has 0 radical (unpaired) electrons. The number of hydrogen-bond donors (Lipinski definition) is 1. The average molecular weight is 338 g/mol. The third-order valence-corrected chi connectivity index (χ3v) is 4.01. The Balaban J connectivity index is 1.80. The van der Waals surface area contributed by atoms with Crippen molar-refractivity contribution in [2.45, 2.75) is 6.92 Å². The van der Waals surface area contributed by atoms with Crippen LogP contribution in [0.25, 0.3) is 17.2 Å². The van der Waals surface area contributed by atoms with Crippen LogP contribution in [0.2, 0.25) is 0 Å². The summed E-state index contributed by atoms with van der Waals surface area (Å²) in [5, 5.41) is 8.91. The van der Waals surface area contributed by atoms with Crippen molar-refractivity contribution in [2.24, 2.45) is 0 Å². The molecule has 0 saturated carbocycles. The Kier molecular flexibility index (Phi) is 5.31. The van der Waals surface area contributed by atoms with Gasteiger partial charge in [0, 0.05) is 5.56 Å². The number of allylic oxidation sites excluding steroid dienone is 1. The van der Waals surface area contributed by atoms with Crippen LogP contribution >= 0.6 is 0 Å². The highest BCUT2D eigenvalue weighted by molar-refractivity contribution is 5.87. The quantitative estimate of drug-likeness (QED) is 0.647. The van der Waals surface area contributed by atoms with Gasteiger partial charge in [-0.15, -0.1) is 0 Å². The van der Waals surface area contributed by atoms with Gasteiger partial charge < -0.3 is 5.11 Å². The maximum Gasteiger partial charge on any atom is 0.335 e. The van der Waals surface area contributed by atoms with E-state index in [1.54, 1.807) is 30.3 Å². The van der Waals surface area contributed by atoms with Gasteiger partial charge in [-0.25, -0.2) is 4.79 Å². The Hall–Kier alpha value is -3.57. The lowest BCUT2D eigenvalue weighted by atomic mass is 9.99. The molecule has 126 valence electrons. The molecule has 0 saturated heterocycles. The van der Waals surface area contributed by atoms with E-state index < -0.39 is 5.97 Å². The molecule has 0 fully saturated rings. The number of carbonyl (C=O) groups is 1. The van der Waals surface area contributed by atoms with Gasteiger partial charge in [0.1, 0.15) is 0 Å². The van der Waals surface area contributed by atoms with Crippen LogP contribution in [0.1, 0.15) is 27.0 Å². The Labute approximate surface area is 153 Å². The van der Waals surface area contributed by atoms with Crippen LogP contribution < -0.4 is 0 Å². The van der Waals surface area contributed by atoms with Crippen molar-refractivity contribution < 1.29 is 9.90 Å². The summed E-state index contributed by atoms with van der Waals surface area (Å²) in [6.45, 7) is 2.07. The summed E-state index contributed by atoms with van der Waals surface area (Å²) in [6, 6.07) is 23.2. The number of aromatic carboxylic acids is 1. The van der Waals surface area contributed by atoms with Gasteiger partial charge in [0.25, 0.3) is 0 Å². The fraction of sp³-hybridized carbons (Fsp3) is 0.0417. The number of carboxylic acids is 1. The zero-order valence-corrected chi connectivity index (χ0v) is 14.4. The van der Waals surface area contributed by atoms with Crippen molar-refractivity contribution >= 4 is 12.0 Å². The van der Waals surface area contributed by atoms with E-state index in [1.165, 1.54) is 5.56 Å². The first kappa shape index (κ1) is 17.3. The van der Waals surface area contributed by atoms with E-state index in [-0.39, 0.29) is 5.56 Å². The Morgan fingerprint density at radius 3 is 2.31 bits per heavy atom. The van der Waals surface area contributed by atoms with E-state index in [2.05, 4.69) is 49.1 Å². The molecule has 0 unspecified atom stereocenters. The van der Waals surface area contributed by atoms with Gasteiger partial charge in [-0.05, 0) is 54.0 Å². The van der Waals surface area contributed by atoms with Crippen LogP contribution in [0.4, 0.5) is 0 Å². The largest absolute Gasteiger partial charge is 0.478 e. The second-order valence-electron chi connectivity index (χ2n) is 5.94. The van der Waals surface area contributed by atoms with Crippen molar-refractivity contribution in [3.63, 3.8) is 0 Å². The van der Waals surface area contributed by atoms with Crippen LogP contribution in [0.15, 0.2) is 78.9 Å². The van der Waals surface area contributed by atoms with Gasteiger partial charge in [0.05, 0.1) is 5.56 Å². The highest BCUT2D eigenvalue weighted by Crippen LogP contribution is 2.23. The Morgan fingerprint density at radius 2 is 1.62 bits per heavy atom. The standard InChI is InChI=1S/C24H18O2/c1-18-10-14-21(15-11-18)23-9-5-4-8-20(23)7-3-2-6-19-12-16-22(17-13-19)24(25)26/h2,4-6,8-17H,1H3,(H,25,26)/b6-2+. The summed E-state index contributed by atoms with van der Waals surface area (Å²) in [6.07, 6.45) is 3.65. The normalized spacial score (nSPS) is 10.3. The van der Waals surface area contributed by atoms with E-state index in [0.29, 0.717) is 0 Å². The zero-order valence-electron chi connectivity index (χ0n) is 14.4. The van der Waals surface area contributed by atoms with Crippen molar-refractivity contribution in [3.8, 4) is 23.0 Å².